The molecule has 0 aromatic carbocycles. The molecule has 0 aromatic heterocycles. The van der Waals surface area contributed by atoms with Crippen molar-refractivity contribution in [2.75, 3.05) is 6.61 Å². The second-order valence-corrected chi connectivity index (χ2v) is 17.5. The van der Waals surface area contributed by atoms with Crippen LogP contribution in [0.3, 0.4) is 0 Å². The van der Waals surface area contributed by atoms with Crippen molar-refractivity contribution < 1.29 is 9.94 Å². The van der Waals surface area contributed by atoms with Crippen LogP contribution in [-0.2, 0) is 4.84 Å². The van der Waals surface area contributed by atoms with Gasteiger partial charge < -0.3 is 15.3 Å². The van der Waals surface area contributed by atoms with E-state index in [1.165, 1.54) is 109 Å². The average molecular weight is 637 g/mol. The zero-order valence-electron chi connectivity index (χ0n) is 29.4. The first-order valence-electron chi connectivity index (χ1n) is 20.5. The van der Waals surface area contributed by atoms with Crippen LogP contribution in [0.5, 0.6) is 0 Å². The second-order valence-electron chi connectivity index (χ2n) is 17.5. The summed E-state index contributed by atoms with van der Waals surface area (Å²) in [5, 5.41) is 26.6. The molecule has 0 radical (unpaired) electrons. The van der Waals surface area contributed by atoms with Crippen LogP contribution < -0.4 is 10.8 Å². The molecular weight excluding hydrogens is 568 g/mol. The maximum atomic E-state index is 12.1. The quantitative estimate of drug-likeness (QED) is 0.134. The highest BCUT2D eigenvalue weighted by atomic mass is 16.6. The minimum Gasteiger partial charge on any atom is -0.390 e. The fourth-order valence-electron chi connectivity index (χ4n) is 11.8. The summed E-state index contributed by atoms with van der Waals surface area (Å²) in [6, 6.07) is 1.86. The van der Waals surface area contributed by atoms with Crippen molar-refractivity contribution in [3.63, 3.8) is 0 Å². The summed E-state index contributed by atoms with van der Waals surface area (Å²) in [7, 11) is 0. The van der Waals surface area contributed by atoms with Crippen LogP contribution in [0, 0.1) is 53.3 Å². The molecule has 0 aromatic rings. The van der Waals surface area contributed by atoms with Crippen LogP contribution in [0.15, 0.2) is 22.4 Å². The largest absolute Gasteiger partial charge is 0.390 e. The Morgan fingerprint density at radius 3 is 2.26 bits per heavy atom. The first-order chi connectivity index (χ1) is 22.6. The first-order valence-corrected chi connectivity index (χ1v) is 20.5. The van der Waals surface area contributed by atoms with Gasteiger partial charge >= 0.3 is 0 Å². The van der Waals surface area contributed by atoms with Gasteiger partial charge in [-0.15, -0.1) is 0 Å². The van der Waals surface area contributed by atoms with Crippen molar-refractivity contribution in [2.45, 2.75) is 179 Å². The molecule has 1 heterocycles. The number of allylic oxidation sites excluding steroid dienone is 2. The molecule has 3 N–H and O–H groups in total. The molecule has 7 fully saturated rings. The van der Waals surface area contributed by atoms with Gasteiger partial charge in [0.2, 0.25) is 0 Å². The van der Waals surface area contributed by atoms with Gasteiger partial charge in [0.1, 0.15) is 6.04 Å². The molecule has 6 aliphatic carbocycles. The number of nitrogens with one attached hydrogen (secondary N) is 2. The monoisotopic (exact) mass is 637 g/mol. The number of hydroxylamine groups is 1. The number of azo groups is 1. The molecule has 7 aliphatic rings. The predicted molar refractivity (Wildman–Crippen MR) is 186 cm³/mol. The zero-order valence-corrected chi connectivity index (χ0v) is 29.4. The number of aliphatic hydroxyl groups is 1. The maximum absolute atomic E-state index is 12.1. The third-order valence-electron chi connectivity index (χ3n) is 14.7. The molecule has 0 amide bonds. The number of hydrogen-bond acceptors (Lipinski definition) is 6. The van der Waals surface area contributed by atoms with Gasteiger partial charge in [-0.3, -0.25) is 0 Å². The van der Waals surface area contributed by atoms with E-state index in [9.17, 15) is 5.11 Å². The van der Waals surface area contributed by atoms with E-state index < -0.39 is 6.10 Å². The lowest BCUT2D eigenvalue weighted by Gasteiger charge is -2.50. The molecular formula is C40H68N4O2. The van der Waals surface area contributed by atoms with Crippen LogP contribution in [0.2, 0.25) is 0 Å². The normalized spacial score (nSPS) is 48.3. The topological polar surface area (TPSA) is 78.2 Å². The number of rotatable bonds is 9. The SMILES string of the molecule is CCC1CCCCC1NOCC1CC2CCC3C4CCCCC4NC3C2C(N=NC2CCC(/C=C/C3CCC(C)CC3)CC2)C1O. The zero-order chi connectivity index (χ0) is 31.5. The molecule has 11 atom stereocenters. The Kier molecular flexibility index (Phi) is 11.6. The third-order valence-corrected chi connectivity index (χ3v) is 14.7. The Labute approximate surface area is 281 Å². The highest BCUT2D eigenvalue weighted by Crippen LogP contribution is 2.53. The molecule has 6 heteroatoms. The van der Waals surface area contributed by atoms with E-state index in [2.05, 4.69) is 36.8 Å². The fourth-order valence-corrected chi connectivity index (χ4v) is 11.8. The Bertz CT molecular complexity index is 1000. The summed E-state index contributed by atoms with van der Waals surface area (Å²) in [6.45, 7) is 5.32. The van der Waals surface area contributed by atoms with Crippen molar-refractivity contribution >= 4 is 0 Å². The molecule has 1 saturated heterocycles. The van der Waals surface area contributed by atoms with Crippen molar-refractivity contribution in [2.24, 2.45) is 63.5 Å². The first kappa shape index (κ1) is 33.7. The van der Waals surface area contributed by atoms with E-state index in [1.807, 2.05) is 0 Å². The minimum atomic E-state index is -0.471. The van der Waals surface area contributed by atoms with Crippen molar-refractivity contribution in [1.29, 1.82) is 0 Å². The fraction of sp³-hybridized carbons (Fsp3) is 0.950. The summed E-state index contributed by atoms with van der Waals surface area (Å²) < 4.78 is 0. The Morgan fingerprint density at radius 1 is 0.761 bits per heavy atom. The Hall–Kier alpha value is -0.820. The standard InChI is InChI=1S/C40H68N4O2/c1-3-29-8-4-6-10-35(29)44-46-25-31-24-30-20-23-34-33-9-5-7-11-36(33)41-38(34)37(30)39(40(31)45)43-42-32-21-18-28(19-22-32)17-16-27-14-12-26(2)13-15-27/h16-17,26-41,44-45H,3-15,18-25H2,1-2H3/b17-16+,43-42?. The van der Waals surface area contributed by atoms with Crippen molar-refractivity contribution in [3.05, 3.63) is 12.2 Å². The summed E-state index contributed by atoms with van der Waals surface area (Å²) in [6.07, 6.45) is 30.6. The van der Waals surface area contributed by atoms with E-state index in [0.29, 0.717) is 54.4 Å². The predicted octanol–water partition coefficient (Wildman–Crippen LogP) is 8.79. The van der Waals surface area contributed by atoms with Crippen LogP contribution in [0.1, 0.15) is 142 Å². The molecule has 6 saturated carbocycles. The van der Waals surface area contributed by atoms with Gasteiger partial charge in [-0.1, -0.05) is 70.9 Å². The second kappa shape index (κ2) is 15.8. The van der Waals surface area contributed by atoms with E-state index in [-0.39, 0.29) is 12.0 Å². The van der Waals surface area contributed by atoms with Crippen LogP contribution in [0.4, 0.5) is 0 Å². The molecule has 7 rings (SSSR count). The van der Waals surface area contributed by atoms with Gasteiger partial charge in [-0.05, 0) is 125 Å². The number of nitrogens with zero attached hydrogens (tertiary/aromatic N) is 2. The molecule has 0 bridgehead atoms. The lowest BCUT2D eigenvalue weighted by atomic mass is 9.58. The number of fused-ring (bicyclic) bond motifs is 5. The molecule has 260 valence electrons. The van der Waals surface area contributed by atoms with Crippen molar-refractivity contribution in [1.82, 2.24) is 10.8 Å². The maximum Gasteiger partial charge on any atom is 0.102 e. The summed E-state index contributed by atoms with van der Waals surface area (Å²) in [5.74, 6) is 5.90. The highest BCUT2D eigenvalue weighted by Gasteiger charge is 2.56. The van der Waals surface area contributed by atoms with E-state index >= 15 is 0 Å². The van der Waals surface area contributed by atoms with Crippen LogP contribution in [0.25, 0.3) is 0 Å². The smallest absolute Gasteiger partial charge is 0.102 e. The lowest BCUT2D eigenvalue weighted by molar-refractivity contribution is -0.0960. The van der Waals surface area contributed by atoms with Gasteiger partial charge in [0, 0.05) is 30.0 Å². The van der Waals surface area contributed by atoms with Gasteiger partial charge in [-0.2, -0.15) is 15.7 Å². The number of aliphatic hydroxyl groups excluding tert-OH is 1. The molecule has 6 nitrogen and oxygen atoms in total. The summed E-state index contributed by atoms with van der Waals surface area (Å²) >= 11 is 0. The third kappa shape index (κ3) is 7.65. The average Bonchev–Trinajstić information content (AvgIpc) is 3.47. The highest BCUT2D eigenvalue weighted by molar-refractivity contribution is 5.11. The molecule has 1 aliphatic heterocycles. The molecule has 46 heavy (non-hydrogen) atoms. The van der Waals surface area contributed by atoms with Crippen LogP contribution >= 0.6 is 0 Å². The van der Waals surface area contributed by atoms with E-state index in [1.54, 1.807) is 0 Å². The van der Waals surface area contributed by atoms with Gasteiger partial charge in [0.15, 0.2) is 0 Å². The summed E-state index contributed by atoms with van der Waals surface area (Å²) in [5.41, 5.74) is 3.49. The van der Waals surface area contributed by atoms with Gasteiger partial charge in [-0.25, -0.2) is 0 Å². The lowest BCUT2D eigenvalue weighted by Crippen LogP contribution is -2.58. The van der Waals surface area contributed by atoms with Gasteiger partial charge in [0.05, 0.1) is 18.8 Å². The van der Waals surface area contributed by atoms with Gasteiger partial charge in [0.25, 0.3) is 0 Å². The van der Waals surface area contributed by atoms with E-state index in [4.69, 9.17) is 15.1 Å². The van der Waals surface area contributed by atoms with E-state index in [0.717, 1.165) is 42.9 Å². The number of hydrogen-bond donors (Lipinski definition) is 3. The van der Waals surface area contributed by atoms with Crippen LogP contribution in [-0.4, -0.2) is 48.0 Å². The molecule has 0 spiro atoms. The van der Waals surface area contributed by atoms with Crippen molar-refractivity contribution in [3.8, 4) is 0 Å². The Morgan fingerprint density at radius 2 is 1.48 bits per heavy atom. The molecule has 11 unspecified atom stereocenters. The minimum absolute atomic E-state index is 0.0998. The summed E-state index contributed by atoms with van der Waals surface area (Å²) in [4.78, 5) is 6.28. The Balaban J connectivity index is 0.996.